The van der Waals surface area contributed by atoms with Crippen molar-refractivity contribution in [2.24, 2.45) is 11.0 Å². The van der Waals surface area contributed by atoms with Crippen molar-refractivity contribution in [3.05, 3.63) is 10.4 Å². The summed E-state index contributed by atoms with van der Waals surface area (Å²) in [6.45, 7) is 6.17. The van der Waals surface area contributed by atoms with Crippen LogP contribution in [0.15, 0.2) is 5.11 Å². The van der Waals surface area contributed by atoms with Crippen LogP contribution < -0.4 is 0 Å². The monoisotopic (exact) mass is 215 g/mol. The summed E-state index contributed by atoms with van der Waals surface area (Å²) in [7, 11) is 0. The van der Waals surface area contributed by atoms with Crippen LogP contribution >= 0.6 is 0 Å². The van der Waals surface area contributed by atoms with Crippen molar-refractivity contribution in [2.45, 2.75) is 39.6 Å². The van der Waals surface area contributed by atoms with Crippen LogP contribution in [0, 0.1) is 5.92 Å². The maximum atomic E-state index is 11.4. The molecule has 0 saturated carbocycles. The first-order chi connectivity index (χ1) is 6.78. The molecule has 0 fully saturated rings. The van der Waals surface area contributed by atoms with E-state index in [-0.39, 0.29) is 12.3 Å². The highest BCUT2D eigenvalue weighted by atomic mass is 16.6. The molecule has 0 aromatic carbocycles. The molecule has 86 valence electrons. The lowest BCUT2D eigenvalue weighted by atomic mass is 10.0. The maximum Gasteiger partial charge on any atom is 0.160 e. The van der Waals surface area contributed by atoms with Crippen molar-refractivity contribution in [3.8, 4) is 0 Å². The second kappa shape index (κ2) is 5.70. The van der Waals surface area contributed by atoms with Crippen molar-refractivity contribution in [1.29, 1.82) is 0 Å². The van der Waals surface area contributed by atoms with E-state index in [0.29, 0.717) is 0 Å². The number of hydrogen-bond acceptors (Lipinski definition) is 4. The van der Waals surface area contributed by atoms with E-state index in [9.17, 15) is 9.90 Å². The summed E-state index contributed by atoms with van der Waals surface area (Å²) in [5.74, 6) is -1.89. The summed E-state index contributed by atoms with van der Waals surface area (Å²) in [5, 5.41) is 12.6. The number of carbonyl (C=O) groups is 1. The summed E-state index contributed by atoms with van der Waals surface area (Å²) in [6, 6.07) is 0. The zero-order valence-corrected chi connectivity index (χ0v) is 9.47. The van der Waals surface area contributed by atoms with Gasteiger partial charge in [-0.15, -0.1) is 0 Å². The summed E-state index contributed by atoms with van der Waals surface area (Å²) in [5.41, 5.74) is 8.06. The Hall–Kier alpha value is -1.10. The van der Waals surface area contributed by atoms with Gasteiger partial charge in [0.1, 0.15) is 5.78 Å². The van der Waals surface area contributed by atoms with Gasteiger partial charge in [-0.2, -0.15) is 0 Å². The third-order valence-corrected chi connectivity index (χ3v) is 1.98. The lowest BCUT2D eigenvalue weighted by molar-refractivity contribution is -0.210. The van der Waals surface area contributed by atoms with Gasteiger partial charge in [-0.05, 0) is 26.3 Å². The highest BCUT2D eigenvalue weighted by Gasteiger charge is 2.25. The third kappa shape index (κ3) is 6.06. The van der Waals surface area contributed by atoms with Crippen molar-refractivity contribution < 1.29 is 14.6 Å². The number of rotatable bonds is 6. The lowest BCUT2D eigenvalue weighted by Crippen LogP contribution is -2.35. The molecule has 15 heavy (non-hydrogen) atoms. The fourth-order valence-corrected chi connectivity index (χ4v) is 1.06. The number of Topliss-reactive ketones (excluding diaryl/α,β-unsaturated/α-hetero) is 1. The highest BCUT2D eigenvalue weighted by molar-refractivity contribution is 5.83. The third-order valence-electron chi connectivity index (χ3n) is 1.98. The molecule has 0 radical (unpaired) electrons. The van der Waals surface area contributed by atoms with Crippen LogP contribution in [-0.4, -0.2) is 29.3 Å². The molecule has 6 nitrogen and oxygen atoms in total. The van der Waals surface area contributed by atoms with Crippen LogP contribution in [0.5, 0.6) is 0 Å². The Kier molecular flexibility index (Phi) is 5.28. The average molecular weight is 215 g/mol. The number of carbonyl (C=O) groups excluding carboxylic acids is 1. The summed E-state index contributed by atoms with van der Waals surface area (Å²) in [6.07, 6.45) is -0.425. The fraction of sp³-hybridized carbons (Fsp3) is 0.889. The van der Waals surface area contributed by atoms with Crippen LogP contribution in [0.3, 0.4) is 0 Å². The molecule has 0 spiro atoms. The van der Waals surface area contributed by atoms with E-state index in [0.717, 1.165) is 0 Å². The van der Waals surface area contributed by atoms with Crippen LogP contribution in [0.2, 0.25) is 0 Å². The minimum absolute atomic E-state index is 0.183. The number of ketones is 1. The molecule has 2 atom stereocenters. The van der Waals surface area contributed by atoms with Gasteiger partial charge < -0.3 is 9.84 Å². The van der Waals surface area contributed by atoms with Gasteiger partial charge >= 0.3 is 0 Å². The van der Waals surface area contributed by atoms with Gasteiger partial charge in [-0.3, -0.25) is 4.79 Å². The molecular formula is C9H17N3O3. The molecule has 1 N–H and O–H groups in total. The van der Waals surface area contributed by atoms with Gasteiger partial charge in [0.15, 0.2) is 5.79 Å². The first kappa shape index (κ1) is 13.9. The Bertz CT molecular complexity index is 266. The van der Waals surface area contributed by atoms with Gasteiger partial charge in [0.2, 0.25) is 0 Å². The lowest BCUT2D eigenvalue weighted by Gasteiger charge is -2.26. The number of ether oxygens (including phenoxy) is 1. The van der Waals surface area contributed by atoms with E-state index < -0.39 is 17.8 Å². The molecule has 0 bridgehead atoms. The van der Waals surface area contributed by atoms with E-state index in [2.05, 4.69) is 10.0 Å². The molecule has 0 aliphatic rings. The Labute approximate surface area is 88.9 Å². The minimum Gasteiger partial charge on any atom is -0.366 e. The van der Waals surface area contributed by atoms with Gasteiger partial charge in [0.05, 0.1) is 12.6 Å². The topological polar surface area (TPSA) is 95.3 Å². The molecule has 6 heteroatoms. The SMILES string of the molecule is C[C@H](OC(C)(C)O)[C@H](C)C(=O)CN=[N+]=[N-]. The van der Waals surface area contributed by atoms with Gasteiger partial charge in [-0.25, -0.2) is 0 Å². The van der Waals surface area contributed by atoms with Gasteiger partial charge in [-0.1, -0.05) is 12.0 Å². The first-order valence-electron chi connectivity index (χ1n) is 4.71. The molecule has 0 amide bonds. The van der Waals surface area contributed by atoms with Crippen LogP contribution in [0.25, 0.3) is 10.4 Å². The normalized spacial score (nSPS) is 15.3. The molecule has 0 aliphatic carbocycles. The first-order valence-corrected chi connectivity index (χ1v) is 4.71. The largest absolute Gasteiger partial charge is 0.366 e. The molecule has 0 rings (SSSR count). The van der Waals surface area contributed by atoms with Crippen molar-refractivity contribution in [1.82, 2.24) is 0 Å². The number of hydrogen-bond donors (Lipinski definition) is 1. The predicted molar refractivity (Wildman–Crippen MR) is 55.0 cm³/mol. The Morgan fingerprint density at radius 1 is 1.60 bits per heavy atom. The van der Waals surface area contributed by atoms with Crippen molar-refractivity contribution >= 4 is 5.78 Å². The molecule has 0 heterocycles. The molecule has 0 aromatic rings. The van der Waals surface area contributed by atoms with E-state index in [1.807, 2.05) is 0 Å². The molecule has 0 unspecified atom stereocenters. The van der Waals surface area contributed by atoms with Crippen LogP contribution in [0.4, 0.5) is 0 Å². The van der Waals surface area contributed by atoms with Crippen molar-refractivity contribution in [3.63, 3.8) is 0 Å². The second-order valence-corrected chi connectivity index (χ2v) is 3.91. The van der Waals surface area contributed by atoms with Crippen molar-refractivity contribution in [2.75, 3.05) is 6.54 Å². The quantitative estimate of drug-likeness (QED) is 0.315. The summed E-state index contributed by atoms with van der Waals surface area (Å²) in [4.78, 5) is 13.9. The molecular weight excluding hydrogens is 198 g/mol. The fourth-order valence-electron chi connectivity index (χ4n) is 1.06. The Morgan fingerprint density at radius 2 is 2.13 bits per heavy atom. The number of aliphatic hydroxyl groups is 1. The average Bonchev–Trinajstić information content (AvgIpc) is 2.10. The van der Waals surface area contributed by atoms with E-state index in [1.54, 1.807) is 13.8 Å². The zero-order valence-electron chi connectivity index (χ0n) is 9.47. The number of nitrogens with zero attached hydrogens (tertiary/aromatic N) is 3. The van der Waals surface area contributed by atoms with E-state index in [1.165, 1.54) is 13.8 Å². The molecule has 0 aromatic heterocycles. The maximum absolute atomic E-state index is 11.4. The molecule has 0 aliphatic heterocycles. The van der Waals surface area contributed by atoms with Crippen LogP contribution in [-0.2, 0) is 9.53 Å². The standard InChI is InChI=1S/C9H17N3O3/c1-6(8(13)5-11-12-10)7(2)15-9(3,4)14/h6-7,14H,5H2,1-4H3/t6-,7-/m0/s1. The number of azide groups is 1. The minimum atomic E-state index is -1.27. The predicted octanol–water partition coefficient (Wildman–Crippen LogP) is 1.64. The van der Waals surface area contributed by atoms with E-state index >= 15 is 0 Å². The highest BCUT2D eigenvalue weighted by Crippen LogP contribution is 2.15. The van der Waals surface area contributed by atoms with Crippen LogP contribution in [0.1, 0.15) is 27.7 Å². The Morgan fingerprint density at radius 3 is 2.53 bits per heavy atom. The van der Waals surface area contributed by atoms with E-state index in [4.69, 9.17) is 10.3 Å². The smallest absolute Gasteiger partial charge is 0.160 e. The summed E-state index contributed by atoms with van der Waals surface area (Å²) >= 11 is 0. The summed E-state index contributed by atoms with van der Waals surface area (Å²) < 4.78 is 5.20. The Balaban J connectivity index is 4.25. The van der Waals surface area contributed by atoms with Gasteiger partial charge in [0, 0.05) is 10.8 Å². The zero-order chi connectivity index (χ0) is 12.1. The van der Waals surface area contributed by atoms with Gasteiger partial charge in [0.25, 0.3) is 0 Å². The molecule has 0 saturated heterocycles. The second-order valence-electron chi connectivity index (χ2n) is 3.91.